The molecule has 2 heterocycles. The molecule has 3 fully saturated rings. The molecule has 2 aliphatic heterocycles. The molecule has 8 nitrogen and oxygen atoms in total. The van der Waals surface area contributed by atoms with Gasteiger partial charge >= 0.3 is 5.91 Å². The topological polar surface area (TPSA) is 100 Å². The SMILES string of the molecule is CC.CN1CCS/C1=N\NC(=O)C(=O)C(NC(=O)C1CCCCCC1)C1CCOCC1. The molecular formula is C22H38N4O4S. The molecule has 0 bridgehead atoms. The first-order valence-corrected chi connectivity index (χ1v) is 12.7. The lowest BCUT2D eigenvalue weighted by Crippen LogP contribution is -2.53. The number of Topliss-reactive ketones (excluding diaryl/α,β-unsaturated/α-hetero) is 1. The van der Waals surface area contributed by atoms with Crippen LogP contribution in [0.4, 0.5) is 0 Å². The third kappa shape index (κ3) is 7.79. The van der Waals surface area contributed by atoms with E-state index in [1.807, 2.05) is 25.8 Å². The number of hydrogen-bond donors (Lipinski definition) is 2. The van der Waals surface area contributed by atoms with Crippen LogP contribution in [0, 0.1) is 11.8 Å². The molecule has 9 heteroatoms. The summed E-state index contributed by atoms with van der Waals surface area (Å²) in [5.74, 6) is -0.736. The van der Waals surface area contributed by atoms with E-state index in [0.29, 0.717) is 31.2 Å². The molecule has 0 aromatic rings. The molecule has 2 amide bonds. The normalized spacial score (nSPS) is 22.8. The second kappa shape index (κ2) is 13.7. The van der Waals surface area contributed by atoms with E-state index in [1.165, 1.54) is 11.8 Å². The highest BCUT2D eigenvalue weighted by Crippen LogP contribution is 2.25. The van der Waals surface area contributed by atoms with Gasteiger partial charge in [-0.25, -0.2) is 5.43 Å². The highest BCUT2D eigenvalue weighted by atomic mass is 32.2. The van der Waals surface area contributed by atoms with Gasteiger partial charge in [0.25, 0.3) is 0 Å². The van der Waals surface area contributed by atoms with Crippen LogP contribution < -0.4 is 10.7 Å². The molecule has 1 atom stereocenters. The number of thioether (sulfide) groups is 1. The van der Waals surface area contributed by atoms with E-state index in [9.17, 15) is 14.4 Å². The minimum atomic E-state index is -0.816. The zero-order chi connectivity index (χ0) is 22.6. The maximum atomic E-state index is 13.0. The van der Waals surface area contributed by atoms with Crippen molar-refractivity contribution in [2.45, 2.75) is 71.3 Å². The van der Waals surface area contributed by atoms with E-state index < -0.39 is 17.7 Å². The number of hydrogen-bond acceptors (Lipinski definition) is 6. The molecule has 0 spiro atoms. The second-order valence-electron chi connectivity index (χ2n) is 8.09. The summed E-state index contributed by atoms with van der Waals surface area (Å²) in [4.78, 5) is 40.3. The van der Waals surface area contributed by atoms with Crippen LogP contribution in [0.2, 0.25) is 0 Å². The molecule has 1 saturated carbocycles. The van der Waals surface area contributed by atoms with E-state index in [0.717, 1.165) is 50.8 Å². The van der Waals surface area contributed by atoms with Crippen LogP contribution >= 0.6 is 11.8 Å². The Morgan fingerprint density at radius 3 is 2.29 bits per heavy atom. The Labute approximate surface area is 190 Å². The van der Waals surface area contributed by atoms with Crippen LogP contribution in [0.3, 0.4) is 0 Å². The largest absolute Gasteiger partial charge is 0.381 e. The molecule has 0 radical (unpaired) electrons. The molecule has 0 aromatic heterocycles. The van der Waals surface area contributed by atoms with Gasteiger partial charge in [0.1, 0.15) is 6.04 Å². The number of carbonyl (C=O) groups is 3. The van der Waals surface area contributed by atoms with Crippen LogP contribution in [0.5, 0.6) is 0 Å². The lowest BCUT2D eigenvalue weighted by molar-refractivity contribution is -0.142. The van der Waals surface area contributed by atoms with Crippen LogP contribution in [0.1, 0.15) is 65.2 Å². The van der Waals surface area contributed by atoms with Crippen molar-refractivity contribution in [2.75, 3.05) is 32.6 Å². The van der Waals surface area contributed by atoms with E-state index in [4.69, 9.17) is 4.74 Å². The molecule has 3 aliphatic rings. The van der Waals surface area contributed by atoms with Gasteiger partial charge in [-0.1, -0.05) is 51.3 Å². The van der Waals surface area contributed by atoms with Crippen LogP contribution in [-0.2, 0) is 19.1 Å². The summed E-state index contributed by atoms with van der Waals surface area (Å²) in [6, 6.07) is -0.816. The number of nitrogens with zero attached hydrogens (tertiary/aromatic N) is 2. The average molecular weight is 455 g/mol. The summed E-state index contributed by atoms with van der Waals surface area (Å²) in [7, 11) is 1.89. The summed E-state index contributed by atoms with van der Waals surface area (Å²) in [6.07, 6.45) is 7.40. The van der Waals surface area contributed by atoms with Gasteiger partial charge in [-0.15, -0.1) is 5.10 Å². The monoisotopic (exact) mass is 454 g/mol. The molecule has 1 aliphatic carbocycles. The molecule has 176 valence electrons. The second-order valence-corrected chi connectivity index (χ2v) is 9.16. The molecule has 2 saturated heterocycles. The average Bonchev–Trinajstić information content (AvgIpc) is 3.04. The molecular weight excluding hydrogens is 416 g/mol. The quantitative estimate of drug-likeness (QED) is 0.363. The van der Waals surface area contributed by atoms with Gasteiger partial charge in [-0.05, 0) is 31.6 Å². The van der Waals surface area contributed by atoms with Gasteiger partial charge in [-0.3, -0.25) is 14.4 Å². The summed E-state index contributed by atoms with van der Waals surface area (Å²) in [5, 5.41) is 7.71. The fourth-order valence-corrected chi connectivity index (χ4v) is 5.12. The first-order valence-electron chi connectivity index (χ1n) is 11.7. The van der Waals surface area contributed by atoms with Crippen molar-refractivity contribution in [3.63, 3.8) is 0 Å². The molecule has 2 N–H and O–H groups in total. The minimum absolute atomic E-state index is 0.0699. The smallest absolute Gasteiger partial charge is 0.309 e. The minimum Gasteiger partial charge on any atom is -0.381 e. The number of ketones is 1. The third-order valence-corrected chi connectivity index (χ3v) is 7.05. The van der Waals surface area contributed by atoms with Crippen molar-refractivity contribution in [2.24, 2.45) is 16.9 Å². The Morgan fingerprint density at radius 2 is 1.71 bits per heavy atom. The predicted octanol–water partition coefficient (Wildman–Crippen LogP) is 2.53. The molecule has 0 aromatic carbocycles. The zero-order valence-electron chi connectivity index (χ0n) is 19.2. The van der Waals surface area contributed by atoms with Gasteiger partial charge in [0.05, 0.1) is 0 Å². The summed E-state index contributed by atoms with van der Waals surface area (Å²) >= 11 is 1.54. The highest BCUT2D eigenvalue weighted by Gasteiger charge is 2.36. The van der Waals surface area contributed by atoms with Gasteiger partial charge in [-0.2, -0.15) is 0 Å². The number of rotatable bonds is 6. The molecule has 31 heavy (non-hydrogen) atoms. The molecule has 3 rings (SSSR count). The Morgan fingerprint density at radius 1 is 1.06 bits per heavy atom. The van der Waals surface area contributed by atoms with Crippen LogP contribution in [0.25, 0.3) is 0 Å². The van der Waals surface area contributed by atoms with Gasteiger partial charge in [0.2, 0.25) is 11.7 Å². The fraction of sp³-hybridized carbons (Fsp3) is 0.818. The maximum absolute atomic E-state index is 13.0. The first kappa shape index (κ1) is 25.6. The van der Waals surface area contributed by atoms with E-state index in [1.54, 1.807) is 0 Å². The number of hydrazone groups is 1. The van der Waals surface area contributed by atoms with Crippen molar-refractivity contribution in [3.8, 4) is 0 Å². The highest BCUT2D eigenvalue weighted by molar-refractivity contribution is 8.14. The number of amidine groups is 1. The predicted molar refractivity (Wildman–Crippen MR) is 124 cm³/mol. The van der Waals surface area contributed by atoms with E-state index in [-0.39, 0.29) is 17.7 Å². The van der Waals surface area contributed by atoms with Gasteiger partial charge in [0, 0.05) is 38.5 Å². The zero-order valence-corrected chi connectivity index (χ0v) is 20.0. The Bertz CT molecular complexity index is 629. The third-order valence-electron chi connectivity index (χ3n) is 6.00. The van der Waals surface area contributed by atoms with E-state index in [2.05, 4.69) is 15.8 Å². The summed E-state index contributed by atoms with van der Waals surface area (Å²) in [5.41, 5.74) is 2.39. The van der Waals surface area contributed by atoms with Crippen molar-refractivity contribution in [3.05, 3.63) is 0 Å². The number of amides is 2. The van der Waals surface area contributed by atoms with Crippen molar-refractivity contribution >= 4 is 34.5 Å². The standard InChI is InChI=1S/C20H32N4O4S.C2H6/c1-24-10-13-29-20(24)23-22-19(27)17(25)16(14-8-11-28-12-9-14)21-18(26)15-6-4-2-3-5-7-15;1-2/h14-16H,2-13H2,1H3,(H,21,26)(H,22,27);1-2H3/b23-20-;. The number of nitrogens with one attached hydrogen (secondary N) is 2. The number of carbonyl (C=O) groups excluding carboxylic acids is 3. The van der Waals surface area contributed by atoms with Gasteiger partial charge < -0.3 is 15.0 Å². The first-order chi connectivity index (χ1) is 15.1. The van der Waals surface area contributed by atoms with Crippen LogP contribution in [0.15, 0.2) is 5.10 Å². The maximum Gasteiger partial charge on any atom is 0.309 e. The van der Waals surface area contributed by atoms with Crippen molar-refractivity contribution in [1.29, 1.82) is 0 Å². The Balaban J connectivity index is 0.00000166. The Kier molecular flexibility index (Phi) is 11.4. The fourth-order valence-electron chi connectivity index (χ4n) is 4.15. The summed E-state index contributed by atoms with van der Waals surface area (Å²) in [6.45, 7) is 5.94. The molecule has 1 unspecified atom stereocenters. The lowest BCUT2D eigenvalue weighted by Gasteiger charge is -2.30. The van der Waals surface area contributed by atoms with E-state index >= 15 is 0 Å². The summed E-state index contributed by atoms with van der Waals surface area (Å²) < 4.78 is 5.40. The van der Waals surface area contributed by atoms with Crippen LogP contribution in [-0.4, -0.2) is 66.3 Å². The van der Waals surface area contributed by atoms with Crippen molar-refractivity contribution in [1.82, 2.24) is 15.6 Å². The lowest BCUT2D eigenvalue weighted by atomic mass is 9.87. The van der Waals surface area contributed by atoms with Crippen molar-refractivity contribution < 1.29 is 19.1 Å². The Hall–Kier alpha value is -1.61. The number of ether oxygens (including phenoxy) is 1. The van der Waals surface area contributed by atoms with Gasteiger partial charge in [0.15, 0.2) is 5.17 Å².